The lowest BCUT2D eigenvalue weighted by molar-refractivity contribution is -0.131. The minimum Gasteiger partial charge on any atom is -0.339 e. The van der Waals surface area contributed by atoms with Crippen LogP contribution in [0.3, 0.4) is 0 Å². The molecule has 1 N–H and O–H groups in total. The first-order valence-corrected chi connectivity index (χ1v) is 11.8. The van der Waals surface area contributed by atoms with Crippen LogP contribution in [0.15, 0.2) is 59.5 Å². The average molecular weight is 448 g/mol. The number of hydrogen-bond donors (Lipinski definition) is 1. The van der Waals surface area contributed by atoms with Gasteiger partial charge >= 0.3 is 0 Å². The zero-order valence-electron chi connectivity index (χ0n) is 18.2. The van der Waals surface area contributed by atoms with E-state index >= 15 is 0 Å². The molecule has 0 spiro atoms. The van der Waals surface area contributed by atoms with Gasteiger partial charge in [0.25, 0.3) is 0 Å². The summed E-state index contributed by atoms with van der Waals surface area (Å²) in [6, 6.07) is 15.0. The van der Waals surface area contributed by atoms with Crippen molar-refractivity contribution in [2.75, 3.05) is 32.7 Å². The van der Waals surface area contributed by atoms with Gasteiger partial charge in [0.1, 0.15) is 5.82 Å². The Labute approximate surface area is 184 Å². The van der Waals surface area contributed by atoms with Crippen LogP contribution in [0.25, 0.3) is 0 Å². The van der Waals surface area contributed by atoms with Gasteiger partial charge in [-0.25, -0.2) is 12.8 Å². The molecule has 1 saturated heterocycles. The molecule has 2 aromatic rings. The Balaban J connectivity index is 1.59. The van der Waals surface area contributed by atoms with Crippen molar-refractivity contribution < 1.29 is 17.6 Å². The molecule has 2 aromatic carbocycles. The van der Waals surface area contributed by atoms with Gasteiger partial charge in [-0.15, -0.1) is 0 Å². The van der Waals surface area contributed by atoms with Gasteiger partial charge in [0.05, 0.1) is 11.4 Å². The molecule has 0 aromatic heterocycles. The lowest BCUT2D eigenvalue weighted by Crippen LogP contribution is -2.52. The number of nitrogens with one attached hydrogen (secondary N) is 1. The van der Waals surface area contributed by atoms with Gasteiger partial charge in [-0.1, -0.05) is 57.2 Å². The smallest absolute Gasteiger partial charge is 0.243 e. The Morgan fingerprint density at radius 3 is 2.26 bits per heavy atom. The predicted octanol–water partition coefficient (Wildman–Crippen LogP) is 3.04. The third-order valence-corrected chi connectivity index (χ3v) is 7.38. The Morgan fingerprint density at radius 1 is 1.03 bits per heavy atom. The van der Waals surface area contributed by atoms with E-state index in [1.54, 1.807) is 4.90 Å². The van der Waals surface area contributed by atoms with E-state index in [1.807, 2.05) is 30.3 Å². The molecular formula is C23H30FN3O3S. The summed E-state index contributed by atoms with van der Waals surface area (Å²) in [6.45, 7) is 7.53. The van der Waals surface area contributed by atoms with Gasteiger partial charge in [0.15, 0.2) is 0 Å². The molecule has 1 unspecified atom stereocenters. The fourth-order valence-corrected chi connectivity index (χ4v) is 5.28. The quantitative estimate of drug-likeness (QED) is 0.739. The monoisotopic (exact) mass is 447 g/mol. The van der Waals surface area contributed by atoms with Crippen molar-refractivity contribution in [2.45, 2.75) is 31.7 Å². The van der Waals surface area contributed by atoms with Crippen LogP contribution in [0.4, 0.5) is 4.39 Å². The molecule has 8 heteroatoms. The van der Waals surface area contributed by atoms with Gasteiger partial charge in [-0.05, 0) is 29.2 Å². The first-order valence-electron chi connectivity index (χ1n) is 10.4. The summed E-state index contributed by atoms with van der Waals surface area (Å²) in [5.74, 6) is -0.652. The highest BCUT2D eigenvalue weighted by atomic mass is 32.2. The lowest BCUT2D eigenvalue weighted by atomic mass is 9.82. The summed E-state index contributed by atoms with van der Waals surface area (Å²) in [5.41, 5.74) is 1.04. The Kier molecular flexibility index (Phi) is 7.13. The van der Waals surface area contributed by atoms with Gasteiger partial charge in [0.2, 0.25) is 15.9 Å². The predicted molar refractivity (Wildman–Crippen MR) is 118 cm³/mol. The number of amides is 1. The fourth-order valence-electron chi connectivity index (χ4n) is 3.83. The number of halogens is 1. The molecule has 1 aliphatic rings. The van der Waals surface area contributed by atoms with E-state index in [2.05, 4.69) is 26.1 Å². The normalized spacial score (nSPS) is 16.8. The van der Waals surface area contributed by atoms with E-state index in [9.17, 15) is 17.6 Å². The number of piperazine rings is 1. The molecule has 1 aliphatic heterocycles. The molecule has 31 heavy (non-hydrogen) atoms. The van der Waals surface area contributed by atoms with E-state index in [-0.39, 0.29) is 41.9 Å². The minimum absolute atomic E-state index is 0.00675. The topological polar surface area (TPSA) is 69.7 Å². The molecule has 0 bridgehead atoms. The average Bonchev–Trinajstić information content (AvgIpc) is 2.73. The Hall–Kier alpha value is -2.29. The van der Waals surface area contributed by atoms with Crippen LogP contribution in [0.1, 0.15) is 32.4 Å². The largest absolute Gasteiger partial charge is 0.339 e. The van der Waals surface area contributed by atoms with Crippen LogP contribution >= 0.6 is 0 Å². The lowest BCUT2D eigenvalue weighted by Gasteiger charge is -2.36. The zero-order valence-corrected chi connectivity index (χ0v) is 19.0. The van der Waals surface area contributed by atoms with Crippen LogP contribution in [-0.2, 0) is 14.8 Å². The molecule has 6 nitrogen and oxygen atoms in total. The van der Waals surface area contributed by atoms with E-state index in [1.165, 1.54) is 22.5 Å². The number of benzene rings is 2. The molecular weight excluding hydrogens is 417 g/mol. The van der Waals surface area contributed by atoms with Gasteiger partial charge in [-0.3, -0.25) is 4.79 Å². The number of nitrogens with zero attached hydrogens (tertiary/aromatic N) is 2. The number of carbonyl (C=O) groups is 1. The number of hydrogen-bond acceptors (Lipinski definition) is 4. The maximum absolute atomic E-state index is 13.4. The second-order valence-corrected chi connectivity index (χ2v) is 10.8. The molecule has 1 atom stereocenters. The summed E-state index contributed by atoms with van der Waals surface area (Å²) >= 11 is 0. The van der Waals surface area contributed by atoms with Crippen LogP contribution in [0, 0.1) is 11.2 Å². The first-order chi connectivity index (χ1) is 14.6. The minimum atomic E-state index is -3.78. The van der Waals surface area contributed by atoms with Crippen molar-refractivity contribution in [3.05, 3.63) is 66.0 Å². The standard InChI is InChI=1S/C23H30FN3O3S/c1-23(2,3)22(18-8-5-4-6-9-18)25-17-21(28)26-12-14-27(15-13-26)31(29,30)20-11-7-10-19(24)16-20/h4-11,16,22,25H,12-15,17H2,1-3H3. The molecule has 0 saturated carbocycles. The van der Waals surface area contributed by atoms with E-state index < -0.39 is 15.8 Å². The van der Waals surface area contributed by atoms with Crippen LogP contribution < -0.4 is 5.32 Å². The van der Waals surface area contributed by atoms with Crippen molar-refractivity contribution in [3.8, 4) is 0 Å². The third kappa shape index (κ3) is 5.70. The number of carbonyl (C=O) groups excluding carboxylic acids is 1. The van der Waals surface area contributed by atoms with Crippen LogP contribution in [0.2, 0.25) is 0 Å². The molecule has 1 heterocycles. The van der Waals surface area contributed by atoms with Crippen LogP contribution in [-0.4, -0.2) is 56.3 Å². The summed E-state index contributed by atoms with van der Waals surface area (Å²) in [4.78, 5) is 14.4. The molecule has 1 fully saturated rings. The first kappa shape index (κ1) is 23.4. The molecule has 3 rings (SSSR count). The van der Waals surface area contributed by atoms with E-state index in [0.29, 0.717) is 13.1 Å². The van der Waals surface area contributed by atoms with Crippen molar-refractivity contribution >= 4 is 15.9 Å². The summed E-state index contributed by atoms with van der Waals surface area (Å²) in [5, 5.41) is 3.38. The number of rotatable bonds is 6. The van der Waals surface area contributed by atoms with Crippen molar-refractivity contribution in [1.82, 2.24) is 14.5 Å². The zero-order chi connectivity index (χ0) is 22.6. The fraction of sp³-hybridized carbons (Fsp3) is 0.435. The molecule has 0 radical (unpaired) electrons. The van der Waals surface area contributed by atoms with E-state index in [4.69, 9.17) is 0 Å². The summed E-state index contributed by atoms with van der Waals surface area (Å²) in [7, 11) is -3.78. The maximum atomic E-state index is 13.4. The number of sulfonamides is 1. The SMILES string of the molecule is CC(C)(C)C(NCC(=O)N1CCN(S(=O)(=O)c2cccc(F)c2)CC1)c1ccccc1. The molecule has 0 aliphatic carbocycles. The van der Waals surface area contributed by atoms with Gasteiger partial charge < -0.3 is 10.2 Å². The second-order valence-electron chi connectivity index (χ2n) is 8.83. The highest BCUT2D eigenvalue weighted by Gasteiger charge is 2.31. The highest BCUT2D eigenvalue weighted by Crippen LogP contribution is 2.32. The van der Waals surface area contributed by atoms with E-state index in [0.717, 1.165) is 11.6 Å². The Bertz CT molecular complexity index is 998. The second kappa shape index (κ2) is 9.46. The third-order valence-electron chi connectivity index (χ3n) is 5.48. The van der Waals surface area contributed by atoms with Crippen molar-refractivity contribution in [2.24, 2.45) is 5.41 Å². The maximum Gasteiger partial charge on any atom is 0.243 e. The highest BCUT2D eigenvalue weighted by molar-refractivity contribution is 7.89. The van der Waals surface area contributed by atoms with Gasteiger partial charge in [-0.2, -0.15) is 4.31 Å². The molecule has 168 valence electrons. The van der Waals surface area contributed by atoms with Crippen molar-refractivity contribution in [1.29, 1.82) is 0 Å². The van der Waals surface area contributed by atoms with Crippen molar-refractivity contribution in [3.63, 3.8) is 0 Å². The molecule has 1 amide bonds. The van der Waals surface area contributed by atoms with Gasteiger partial charge in [0, 0.05) is 32.2 Å². The summed E-state index contributed by atoms with van der Waals surface area (Å²) < 4.78 is 40.2. The summed E-state index contributed by atoms with van der Waals surface area (Å²) in [6.07, 6.45) is 0. The Morgan fingerprint density at radius 2 is 1.68 bits per heavy atom. The van der Waals surface area contributed by atoms with Crippen LogP contribution in [0.5, 0.6) is 0 Å².